The van der Waals surface area contributed by atoms with Crippen LogP contribution in [0.4, 0.5) is 10.1 Å². The number of methoxy groups -OCH3 is 1. The molecule has 29 heavy (non-hydrogen) atoms. The van der Waals surface area contributed by atoms with Crippen molar-refractivity contribution in [1.82, 2.24) is 14.9 Å². The SMILES string of the molecule is CCc1nnc2n1N[C@H](c1ccc(F)cc1)[C@@H](C(=O)Nc1ccccc1OC)S2. The first-order valence-electron chi connectivity index (χ1n) is 9.17. The highest BCUT2D eigenvalue weighted by atomic mass is 32.2. The number of para-hydroxylation sites is 2. The van der Waals surface area contributed by atoms with Crippen molar-refractivity contribution >= 4 is 23.4 Å². The standard InChI is InChI=1S/C20H20FN5O2S/c1-3-16-23-24-20-26(16)25-17(12-8-10-13(21)11-9-12)18(29-20)19(27)22-14-6-4-5-7-15(14)28-2/h4-11,17-18,25H,3H2,1-2H3,(H,22,27)/t17-,18+/m1/s1. The Balaban J connectivity index is 1.68. The fourth-order valence-electron chi connectivity index (χ4n) is 3.20. The van der Waals surface area contributed by atoms with E-state index in [4.69, 9.17) is 4.74 Å². The lowest BCUT2D eigenvalue weighted by Crippen LogP contribution is -2.41. The summed E-state index contributed by atoms with van der Waals surface area (Å²) in [7, 11) is 1.55. The molecule has 1 aliphatic rings. The highest BCUT2D eigenvalue weighted by Crippen LogP contribution is 2.38. The fourth-order valence-corrected chi connectivity index (χ4v) is 4.30. The second-order valence-electron chi connectivity index (χ2n) is 6.47. The van der Waals surface area contributed by atoms with Crippen LogP contribution in [0.1, 0.15) is 24.4 Å². The number of fused-ring (bicyclic) bond motifs is 1. The van der Waals surface area contributed by atoms with Crippen LogP contribution in [0.15, 0.2) is 53.7 Å². The van der Waals surface area contributed by atoms with E-state index >= 15 is 0 Å². The average molecular weight is 413 g/mol. The zero-order chi connectivity index (χ0) is 20.4. The first kappa shape index (κ1) is 19.3. The number of aryl methyl sites for hydroxylation is 1. The number of aromatic nitrogens is 3. The summed E-state index contributed by atoms with van der Waals surface area (Å²) in [6.45, 7) is 1.98. The second-order valence-corrected chi connectivity index (χ2v) is 7.58. The van der Waals surface area contributed by atoms with Gasteiger partial charge < -0.3 is 15.5 Å². The zero-order valence-electron chi connectivity index (χ0n) is 15.9. The van der Waals surface area contributed by atoms with Crippen LogP contribution in [0, 0.1) is 5.82 Å². The lowest BCUT2D eigenvalue weighted by molar-refractivity contribution is -0.116. The number of benzene rings is 2. The van der Waals surface area contributed by atoms with Crippen molar-refractivity contribution in [1.29, 1.82) is 0 Å². The third-order valence-corrected chi connectivity index (χ3v) is 5.89. The largest absolute Gasteiger partial charge is 0.495 e. The molecule has 1 aromatic heterocycles. The topological polar surface area (TPSA) is 81.1 Å². The van der Waals surface area contributed by atoms with E-state index in [9.17, 15) is 9.18 Å². The maximum absolute atomic E-state index is 13.4. The molecule has 2 N–H and O–H groups in total. The molecule has 0 saturated heterocycles. The van der Waals surface area contributed by atoms with Crippen molar-refractivity contribution in [2.75, 3.05) is 17.9 Å². The first-order valence-corrected chi connectivity index (χ1v) is 10.1. The summed E-state index contributed by atoms with van der Waals surface area (Å²) < 4.78 is 20.6. The molecule has 2 heterocycles. The highest BCUT2D eigenvalue weighted by molar-refractivity contribution is 8.00. The van der Waals surface area contributed by atoms with Gasteiger partial charge in [0.1, 0.15) is 16.8 Å². The van der Waals surface area contributed by atoms with E-state index in [1.54, 1.807) is 36.1 Å². The van der Waals surface area contributed by atoms with Crippen LogP contribution in [0.2, 0.25) is 0 Å². The predicted molar refractivity (Wildman–Crippen MR) is 109 cm³/mol. The van der Waals surface area contributed by atoms with Crippen molar-refractivity contribution in [3.05, 3.63) is 65.7 Å². The molecular formula is C20H20FN5O2S. The number of anilines is 1. The van der Waals surface area contributed by atoms with Crippen molar-refractivity contribution in [3.63, 3.8) is 0 Å². The molecule has 150 valence electrons. The Morgan fingerprint density at radius 3 is 2.72 bits per heavy atom. The van der Waals surface area contributed by atoms with Gasteiger partial charge in [-0.2, -0.15) is 0 Å². The number of nitrogens with one attached hydrogen (secondary N) is 2. The summed E-state index contributed by atoms with van der Waals surface area (Å²) in [4.78, 5) is 13.2. The van der Waals surface area contributed by atoms with Crippen LogP contribution in [0.3, 0.4) is 0 Å². The number of carbonyl (C=O) groups is 1. The first-order chi connectivity index (χ1) is 14.1. The fraction of sp³-hybridized carbons (Fsp3) is 0.250. The molecule has 1 amide bonds. The Labute approximate surface area is 171 Å². The van der Waals surface area contributed by atoms with E-state index in [0.29, 0.717) is 23.0 Å². The minimum Gasteiger partial charge on any atom is -0.495 e. The number of hydrogen-bond acceptors (Lipinski definition) is 6. The third-order valence-electron chi connectivity index (χ3n) is 4.67. The molecule has 0 unspecified atom stereocenters. The summed E-state index contributed by atoms with van der Waals surface area (Å²) in [6, 6.07) is 13.0. The molecular weight excluding hydrogens is 393 g/mol. The lowest BCUT2D eigenvalue weighted by atomic mass is 10.0. The van der Waals surface area contributed by atoms with E-state index in [-0.39, 0.29) is 11.7 Å². The molecule has 0 fully saturated rings. The van der Waals surface area contributed by atoms with Crippen molar-refractivity contribution in [2.24, 2.45) is 0 Å². The normalized spacial score (nSPS) is 17.9. The number of ether oxygens (including phenoxy) is 1. The zero-order valence-corrected chi connectivity index (χ0v) is 16.7. The maximum atomic E-state index is 13.4. The van der Waals surface area contributed by atoms with Gasteiger partial charge in [-0.15, -0.1) is 10.2 Å². The number of carbonyl (C=O) groups excluding carboxylic acids is 1. The van der Waals surface area contributed by atoms with Gasteiger partial charge in [-0.25, -0.2) is 9.07 Å². The second kappa shape index (κ2) is 8.12. The average Bonchev–Trinajstić information content (AvgIpc) is 3.16. The summed E-state index contributed by atoms with van der Waals surface area (Å²) >= 11 is 1.32. The van der Waals surface area contributed by atoms with Gasteiger partial charge in [0.15, 0.2) is 5.82 Å². The summed E-state index contributed by atoms with van der Waals surface area (Å²) in [5.74, 6) is 0.799. The molecule has 3 aromatic rings. The van der Waals surface area contributed by atoms with E-state index in [1.165, 1.54) is 23.9 Å². The molecule has 9 heteroatoms. The predicted octanol–water partition coefficient (Wildman–Crippen LogP) is 3.39. The molecule has 4 rings (SSSR count). The molecule has 1 aliphatic heterocycles. The summed E-state index contributed by atoms with van der Waals surface area (Å²) in [5.41, 5.74) is 4.71. The Morgan fingerprint density at radius 2 is 2.00 bits per heavy atom. The molecule has 0 bridgehead atoms. The van der Waals surface area contributed by atoms with E-state index in [0.717, 1.165) is 11.4 Å². The van der Waals surface area contributed by atoms with E-state index < -0.39 is 11.3 Å². The van der Waals surface area contributed by atoms with Gasteiger partial charge in [0.25, 0.3) is 0 Å². The van der Waals surface area contributed by atoms with Crippen molar-refractivity contribution in [2.45, 2.75) is 29.8 Å². The molecule has 0 spiro atoms. The minimum atomic E-state index is -0.549. The number of hydrogen-bond donors (Lipinski definition) is 2. The van der Waals surface area contributed by atoms with Crippen LogP contribution in [0.25, 0.3) is 0 Å². The van der Waals surface area contributed by atoms with Crippen molar-refractivity contribution < 1.29 is 13.9 Å². The van der Waals surface area contributed by atoms with Crippen LogP contribution in [-0.4, -0.2) is 33.1 Å². The van der Waals surface area contributed by atoms with Crippen LogP contribution in [-0.2, 0) is 11.2 Å². The highest BCUT2D eigenvalue weighted by Gasteiger charge is 2.37. The third kappa shape index (κ3) is 3.77. The number of thioether (sulfide) groups is 1. The van der Waals surface area contributed by atoms with Crippen LogP contribution >= 0.6 is 11.8 Å². The van der Waals surface area contributed by atoms with Gasteiger partial charge in [0.05, 0.1) is 18.8 Å². The Morgan fingerprint density at radius 1 is 1.24 bits per heavy atom. The Hall–Kier alpha value is -3.07. The van der Waals surface area contributed by atoms with Gasteiger partial charge in [0, 0.05) is 6.42 Å². The number of halogens is 1. The molecule has 2 atom stereocenters. The molecule has 7 nitrogen and oxygen atoms in total. The van der Waals surface area contributed by atoms with Gasteiger partial charge in [-0.3, -0.25) is 4.79 Å². The van der Waals surface area contributed by atoms with Gasteiger partial charge in [-0.1, -0.05) is 43.0 Å². The van der Waals surface area contributed by atoms with Crippen LogP contribution in [0.5, 0.6) is 5.75 Å². The van der Waals surface area contributed by atoms with E-state index in [1.807, 2.05) is 19.1 Å². The quantitative estimate of drug-likeness (QED) is 0.667. The maximum Gasteiger partial charge on any atom is 0.240 e. The van der Waals surface area contributed by atoms with Crippen LogP contribution < -0.4 is 15.5 Å². The van der Waals surface area contributed by atoms with Gasteiger partial charge in [0.2, 0.25) is 11.1 Å². The monoisotopic (exact) mass is 413 g/mol. The number of amides is 1. The Bertz CT molecular complexity index is 1020. The molecule has 0 radical (unpaired) electrons. The van der Waals surface area contributed by atoms with Gasteiger partial charge in [-0.05, 0) is 29.8 Å². The number of nitrogens with zero attached hydrogens (tertiary/aromatic N) is 3. The molecule has 0 saturated carbocycles. The van der Waals surface area contributed by atoms with Gasteiger partial charge >= 0.3 is 0 Å². The minimum absolute atomic E-state index is 0.214. The molecule has 0 aliphatic carbocycles. The Kier molecular flexibility index (Phi) is 5.39. The summed E-state index contributed by atoms with van der Waals surface area (Å²) in [5, 5.41) is 11.4. The van der Waals surface area contributed by atoms with Crippen molar-refractivity contribution in [3.8, 4) is 5.75 Å². The summed E-state index contributed by atoms with van der Waals surface area (Å²) in [6.07, 6.45) is 0.689. The smallest absolute Gasteiger partial charge is 0.240 e. The number of rotatable bonds is 5. The van der Waals surface area contributed by atoms with E-state index in [2.05, 4.69) is 20.9 Å². The molecule has 2 aromatic carbocycles. The lowest BCUT2D eigenvalue weighted by Gasteiger charge is -2.33.